The van der Waals surface area contributed by atoms with Crippen LogP contribution in [0.1, 0.15) is 28.5 Å². The maximum absolute atomic E-state index is 13.1. The highest BCUT2D eigenvalue weighted by Gasteiger charge is 2.32. The Morgan fingerprint density at radius 2 is 2.00 bits per heavy atom. The molecule has 1 fully saturated rings. The lowest BCUT2D eigenvalue weighted by Crippen LogP contribution is -2.33. The summed E-state index contributed by atoms with van der Waals surface area (Å²) in [7, 11) is 3.09. The van der Waals surface area contributed by atoms with Crippen molar-refractivity contribution in [1.82, 2.24) is 25.6 Å². The maximum atomic E-state index is 13.1. The molecule has 0 radical (unpaired) electrons. The van der Waals surface area contributed by atoms with Gasteiger partial charge >= 0.3 is 6.03 Å². The number of anilines is 1. The van der Waals surface area contributed by atoms with E-state index in [1.165, 1.54) is 18.4 Å². The van der Waals surface area contributed by atoms with Crippen LogP contribution >= 0.6 is 0 Å². The molecule has 2 aromatic carbocycles. The number of pyridine rings is 1. The Hall–Kier alpha value is -4.44. The van der Waals surface area contributed by atoms with Gasteiger partial charge < -0.3 is 15.4 Å². The SMILES string of the molecule is CNC(=O)c1n[nH]c2cc(-c3cc(NC(=O)N4OCCC4c4ccccc4)cnc3OC)ccc12. The van der Waals surface area contributed by atoms with Gasteiger partial charge in [-0.1, -0.05) is 36.4 Å². The number of hydrogen-bond donors (Lipinski definition) is 3. The molecule has 0 saturated carbocycles. The van der Waals surface area contributed by atoms with Crippen molar-refractivity contribution in [3.05, 3.63) is 72.1 Å². The van der Waals surface area contributed by atoms with Crippen LogP contribution in [0.2, 0.25) is 0 Å². The van der Waals surface area contributed by atoms with Gasteiger partial charge in [-0.15, -0.1) is 0 Å². The summed E-state index contributed by atoms with van der Waals surface area (Å²) < 4.78 is 5.46. The van der Waals surface area contributed by atoms with Crippen molar-refractivity contribution >= 4 is 28.5 Å². The number of carbonyl (C=O) groups is 2. The Morgan fingerprint density at radius 3 is 2.77 bits per heavy atom. The van der Waals surface area contributed by atoms with Crippen LogP contribution in [0.4, 0.5) is 10.5 Å². The summed E-state index contributed by atoms with van der Waals surface area (Å²) in [6.07, 6.45) is 2.25. The molecule has 0 spiro atoms. The van der Waals surface area contributed by atoms with E-state index in [1.807, 2.05) is 48.5 Å². The molecule has 10 nitrogen and oxygen atoms in total. The normalized spacial score (nSPS) is 15.3. The number of aromatic nitrogens is 3. The number of nitrogens with zero attached hydrogens (tertiary/aromatic N) is 3. The molecule has 0 bridgehead atoms. The first kappa shape index (κ1) is 22.4. The van der Waals surface area contributed by atoms with Crippen molar-refractivity contribution in [2.45, 2.75) is 12.5 Å². The second-order valence-electron chi connectivity index (χ2n) is 8.00. The van der Waals surface area contributed by atoms with Crippen molar-refractivity contribution in [3.63, 3.8) is 0 Å². The average Bonchev–Trinajstić information content (AvgIpc) is 3.56. The van der Waals surface area contributed by atoms with E-state index in [-0.39, 0.29) is 18.0 Å². The third-order valence-electron chi connectivity index (χ3n) is 5.90. The minimum atomic E-state index is -0.381. The molecule has 4 aromatic rings. The van der Waals surface area contributed by atoms with E-state index in [0.29, 0.717) is 46.8 Å². The molecule has 3 amide bonds. The fourth-order valence-corrected chi connectivity index (χ4v) is 4.19. The molecule has 1 atom stereocenters. The highest BCUT2D eigenvalue weighted by molar-refractivity contribution is 6.05. The van der Waals surface area contributed by atoms with Crippen molar-refractivity contribution < 1.29 is 19.2 Å². The van der Waals surface area contributed by atoms with Gasteiger partial charge in [0.1, 0.15) is 0 Å². The summed E-state index contributed by atoms with van der Waals surface area (Å²) in [6.45, 7) is 0.460. The van der Waals surface area contributed by atoms with Crippen LogP contribution < -0.4 is 15.4 Å². The number of H-pyrrole nitrogens is 1. The van der Waals surface area contributed by atoms with E-state index in [4.69, 9.17) is 9.57 Å². The van der Waals surface area contributed by atoms with Gasteiger partial charge in [0.05, 0.1) is 37.2 Å². The van der Waals surface area contributed by atoms with Gasteiger partial charge in [-0.25, -0.2) is 9.78 Å². The van der Waals surface area contributed by atoms with Crippen LogP contribution in [0.15, 0.2) is 60.8 Å². The van der Waals surface area contributed by atoms with E-state index >= 15 is 0 Å². The van der Waals surface area contributed by atoms with Crippen molar-refractivity contribution in [2.75, 3.05) is 26.1 Å². The molecule has 1 aliphatic rings. The van der Waals surface area contributed by atoms with Crippen LogP contribution in [-0.4, -0.2) is 52.9 Å². The quantitative estimate of drug-likeness (QED) is 0.405. The molecule has 3 heterocycles. The fourth-order valence-electron chi connectivity index (χ4n) is 4.19. The number of urea groups is 1. The zero-order valence-electron chi connectivity index (χ0n) is 19.2. The Labute approximate surface area is 201 Å². The summed E-state index contributed by atoms with van der Waals surface area (Å²) in [6, 6.07) is 16.5. The lowest BCUT2D eigenvalue weighted by molar-refractivity contribution is -0.0829. The highest BCUT2D eigenvalue weighted by atomic mass is 16.7. The Bertz CT molecular complexity index is 1390. The first-order valence-corrected chi connectivity index (χ1v) is 11.1. The van der Waals surface area contributed by atoms with Gasteiger partial charge in [0, 0.05) is 24.4 Å². The molecule has 3 N–H and O–H groups in total. The lowest BCUT2D eigenvalue weighted by atomic mass is 10.0. The van der Waals surface area contributed by atoms with E-state index < -0.39 is 0 Å². The number of methoxy groups -OCH3 is 1. The van der Waals surface area contributed by atoms with Gasteiger partial charge in [0.2, 0.25) is 5.88 Å². The van der Waals surface area contributed by atoms with Gasteiger partial charge in [-0.05, 0) is 29.3 Å². The Morgan fingerprint density at radius 1 is 1.17 bits per heavy atom. The van der Waals surface area contributed by atoms with Gasteiger partial charge in [0.15, 0.2) is 5.69 Å². The Kier molecular flexibility index (Phi) is 6.02. The molecule has 178 valence electrons. The summed E-state index contributed by atoms with van der Waals surface area (Å²) in [5.41, 5.74) is 3.96. The van der Waals surface area contributed by atoms with Crippen molar-refractivity contribution in [1.29, 1.82) is 0 Å². The monoisotopic (exact) mass is 472 g/mol. The average molecular weight is 473 g/mol. The number of rotatable bonds is 5. The van der Waals surface area contributed by atoms with E-state index in [1.54, 1.807) is 13.1 Å². The van der Waals surface area contributed by atoms with Crippen molar-refractivity contribution in [2.24, 2.45) is 0 Å². The van der Waals surface area contributed by atoms with Crippen LogP contribution in [0.25, 0.3) is 22.0 Å². The number of benzene rings is 2. The summed E-state index contributed by atoms with van der Waals surface area (Å²) in [5, 5.41) is 14.5. The first-order chi connectivity index (χ1) is 17.1. The van der Waals surface area contributed by atoms with Gasteiger partial charge in [-0.2, -0.15) is 10.2 Å². The van der Waals surface area contributed by atoms with E-state index in [2.05, 4.69) is 25.8 Å². The van der Waals surface area contributed by atoms with Crippen LogP contribution in [0.3, 0.4) is 0 Å². The molecule has 1 aliphatic heterocycles. The molecular weight excluding hydrogens is 448 g/mol. The molecule has 0 aliphatic carbocycles. The fraction of sp³-hybridized carbons (Fsp3) is 0.200. The van der Waals surface area contributed by atoms with Gasteiger partial charge in [0.25, 0.3) is 5.91 Å². The lowest BCUT2D eigenvalue weighted by Gasteiger charge is -2.23. The molecule has 2 aromatic heterocycles. The van der Waals surface area contributed by atoms with Crippen LogP contribution in [0.5, 0.6) is 5.88 Å². The Balaban J connectivity index is 1.42. The topological polar surface area (TPSA) is 121 Å². The third kappa shape index (κ3) is 4.26. The second kappa shape index (κ2) is 9.43. The predicted octanol–water partition coefficient (Wildman–Crippen LogP) is 3.90. The number of fused-ring (bicyclic) bond motifs is 1. The molecule has 35 heavy (non-hydrogen) atoms. The van der Waals surface area contributed by atoms with Crippen LogP contribution in [-0.2, 0) is 4.84 Å². The van der Waals surface area contributed by atoms with Crippen molar-refractivity contribution in [3.8, 4) is 17.0 Å². The number of amides is 3. The van der Waals surface area contributed by atoms with Gasteiger partial charge in [-0.3, -0.25) is 14.7 Å². The molecule has 5 rings (SSSR count). The second-order valence-corrected chi connectivity index (χ2v) is 8.00. The number of ether oxygens (including phenoxy) is 1. The predicted molar refractivity (Wildman–Crippen MR) is 130 cm³/mol. The number of hydroxylamine groups is 2. The standard InChI is InChI=1S/C25H24N6O4/c1-26-23(32)22-18-9-8-16(12-20(18)29-30-22)19-13-17(14-27-24(19)34-2)28-25(33)31-21(10-11-35-31)15-6-4-3-5-7-15/h3-9,12-14,21H,10-11H2,1-2H3,(H,26,32)(H,28,33)(H,29,30). The smallest absolute Gasteiger partial charge is 0.346 e. The molecule has 1 unspecified atom stereocenters. The maximum Gasteiger partial charge on any atom is 0.346 e. The zero-order valence-corrected chi connectivity index (χ0v) is 19.2. The first-order valence-electron chi connectivity index (χ1n) is 11.1. The molecule has 10 heteroatoms. The summed E-state index contributed by atoms with van der Waals surface area (Å²) >= 11 is 0. The minimum absolute atomic E-state index is 0.167. The number of carbonyl (C=O) groups excluding carboxylic acids is 2. The third-order valence-corrected chi connectivity index (χ3v) is 5.90. The summed E-state index contributed by atoms with van der Waals surface area (Å²) in [4.78, 5) is 35.1. The number of nitrogens with one attached hydrogen (secondary N) is 3. The largest absolute Gasteiger partial charge is 0.481 e. The minimum Gasteiger partial charge on any atom is -0.481 e. The number of aromatic amines is 1. The van der Waals surface area contributed by atoms with Crippen LogP contribution in [0, 0.1) is 0 Å². The van der Waals surface area contributed by atoms with E-state index in [9.17, 15) is 9.59 Å². The number of hydrogen-bond acceptors (Lipinski definition) is 6. The molecule has 1 saturated heterocycles. The highest BCUT2D eigenvalue weighted by Crippen LogP contribution is 2.34. The molecular formula is C25H24N6O4. The summed E-state index contributed by atoms with van der Waals surface area (Å²) in [5.74, 6) is 0.124. The zero-order chi connectivity index (χ0) is 24.4. The van der Waals surface area contributed by atoms with E-state index in [0.717, 1.165) is 11.1 Å².